The van der Waals surface area contributed by atoms with Crippen LogP contribution in [0.25, 0.3) is 0 Å². The zero-order valence-corrected chi connectivity index (χ0v) is 11.8. The smallest absolute Gasteiger partial charge is 0.0991 e. The number of nitrogens with zero attached hydrogens (tertiary/aromatic N) is 1. The Morgan fingerprint density at radius 3 is 2.67 bits per heavy atom. The summed E-state index contributed by atoms with van der Waals surface area (Å²) in [6.45, 7) is 3.08. The van der Waals surface area contributed by atoms with Crippen molar-refractivity contribution in [1.82, 2.24) is 10.6 Å². The van der Waals surface area contributed by atoms with E-state index in [0.717, 1.165) is 25.2 Å². The molecule has 18 heavy (non-hydrogen) atoms. The third-order valence-corrected chi connectivity index (χ3v) is 2.99. The molecule has 0 saturated carbocycles. The van der Waals surface area contributed by atoms with Gasteiger partial charge in [-0.2, -0.15) is 5.26 Å². The first kappa shape index (κ1) is 17.2. The van der Waals surface area contributed by atoms with Gasteiger partial charge in [0, 0.05) is 12.6 Å². The monoisotopic (exact) mass is 287 g/mol. The van der Waals surface area contributed by atoms with E-state index in [2.05, 4.69) is 22.8 Å². The molecule has 1 saturated heterocycles. The lowest BCUT2D eigenvalue weighted by Gasteiger charge is -2.23. The molecule has 1 heterocycles. The summed E-state index contributed by atoms with van der Waals surface area (Å²) in [6, 6.07) is 10.6. The topological polar surface area (TPSA) is 47.9 Å². The van der Waals surface area contributed by atoms with Crippen molar-refractivity contribution < 1.29 is 0 Å². The number of piperidine rings is 1. The summed E-state index contributed by atoms with van der Waals surface area (Å²) >= 11 is 0. The summed E-state index contributed by atoms with van der Waals surface area (Å²) in [5.74, 6) is 0. The van der Waals surface area contributed by atoms with Crippen molar-refractivity contribution in [3.8, 4) is 6.07 Å². The lowest BCUT2D eigenvalue weighted by Crippen LogP contribution is -2.39. The largest absolute Gasteiger partial charge is 0.317 e. The molecule has 0 amide bonds. The van der Waals surface area contributed by atoms with Gasteiger partial charge in [0.15, 0.2) is 0 Å². The fourth-order valence-electron chi connectivity index (χ4n) is 2.04. The molecule has 1 fully saturated rings. The van der Waals surface area contributed by atoms with Gasteiger partial charge >= 0.3 is 0 Å². The van der Waals surface area contributed by atoms with Gasteiger partial charge in [-0.05, 0) is 43.6 Å². The number of hydrogen-bond acceptors (Lipinski definition) is 3. The second-order valence-electron chi connectivity index (χ2n) is 4.22. The van der Waals surface area contributed by atoms with Crippen LogP contribution >= 0.6 is 24.8 Å². The molecule has 1 aromatic rings. The van der Waals surface area contributed by atoms with E-state index in [0.29, 0.717) is 6.04 Å². The van der Waals surface area contributed by atoms with E-state index in [1.807, 2.05) is 18.2 Å². The second-order valence-corrected chi connectivity index (χ2v) is 4.22. The molecule has 0 spiro atoms. The molecule has 0 radical (unpaired) electrons. The Kier molecular flexibility index (Phi) is 8.78. The molecule has 0 aliphatic carbocycles. The molecular formula is C13H19Cl2N3. The SMILES string of the molecule is Cl.Cl.N#Cc1cccc(CNC2CCNCC2)c1. The molecule has 5 heteroatoms. The molecule has 1 aliphatic rings. The minimum atomic E-state index is 0. The van der Waals surface area contributed by atoms with Gasteiger partial charge in [-0.3, -0.25) is 0 Å². The third-order valence-electron chi connectivity index (χ3n) is 2.99. The maximum Gasteiger partial charge on any atom is 0.0991 e. The number of nitriles is 1. The summed E-state index contributed by atoms with van der Waals surface area (Å²) < 4.78 is 0. The predicted molar refractivity (Wildman–Crippen MR) is 78.4 cm³/mol. The van der Waals surface area contributed by atoms with Crippen LogP contribution in [0.2, 0.25) is 0 Å². The lowest BCUT2D eigenvalue weighted by molar-refractivity contribution is 0.386. The molecule has 0 atom stereocenters. The Morgan fingerprint density at radius 1 is 1.28 bits per heavy atom. The van der Waals surface area contributed by atoms with Gasteiger partial charge in [-0.15, -0.1) is 24.8 Å². The van der Waals surface area contributed by atoms with Crippen LogP contribution in [-0.4, -0.2) is 19.1 Å². The number of hydrogen-bond donors (Lipinski definition) is 2. The van der Waals surface area contributed by atoms with Crippen molar-refractivity contribution >= 4 is 24.8 Å². The first-order valence-electron chi connectivity index (χ1n) is 5.81. The molecule has 1 aromatic carbocycles. The van der Waals surface area contributed by atoms with Crippen molar-refractivity contribution in [2.24, 2.45) is 0 Å². The number of halogens is 2. The molecule has 3 nitrogen and oxygen atoms in total. The fourth-order valence-corrected chi connectivity index (χ4v) is 2.04. The number of benzene rings is 1. The highest BCUT2D eigenvalue weighted by molar-refractivity contribution is 5.85. The first-order chi connectivity index (χ1) is 7.88. The van der Waals surface area contributed by atoms with Gasteiger partial charge in [0.25, 0.3) is 0 Å². The zero-order chi connectivity index (χ0) is 11.2. The minimum Gasteiger partial charge on any atom is -0.317 e. The predicted octanol–water partition coefficient (Wildman–Crippen LogP) is 2.24. The van der Waals surface area contributed by atoms with Crippen LogP contribution in [0.4, 0.5) is 0 Å². The highest BCUT2D eigenvalue weighted by Crippen LogP contribution is 2.07. The van der Waals surface area contributed by atoms with Crippen molar-refractivity contribution in [2.45, 2.75) is 25.4 Å². The van der Waals surface area contributed by atoms with Gasteiger partial charge in [0.2, 0.25) is 0 Å². The van der Waals surface area contributed by atoms with E-state index < -0.39 is 0 Å². The summed E-state index contributed by atoms with van der Waals surface area (Å²) in [5.41, 5.74) is 1.93. The quantitative estimate of drug-likeness (QED) is 0.896. The summed E-state index contributed by atoms with van der Waals surface area (Å²) in [4.78, 5) is 0. The maximum atomic E-state index is 8.80. The van der Waals surface area contributed by atoms with Gasteiger partial charge < -0.3 is 10.6 Å². The second kappa shape index (κ2) is 9.18. The summed E-state index contributed by atoms with van der Waals surface area (Å²) in [7, 11) is 0. The molecule has 0 unspecified atom stereocenters. The Hall–Kier alpha value is -0.790. The Labute approximate surface area is 121 Å². The van der Waals surface area contributed by atoms with Gasteiger partial charge in [-0.1, -0.05) is 12.1 Å². The van der Waals surface area contributed by atoms with Crippen LogP contribution in [0.1, 0.15) is 24.0 Å². The van der Waals surface area contributed by atoms with Crippen LogP contribution in [0.15, 0.2) is 24.3 Å². The highest BCUT2D eigenvalue weighted by atomic mass is 35.5. The van der Waals surface area contributed by atoms with Crippen LogP contribution in [0, 0.1) is 11.3 Å². The minimum absolute atomic E-state index is 0. The van der Waals surface area contributed by atoms with Gasteiger partial charge in [-0.25, -0.2) is 0 Å². The molecular weight excluding hydrogens is 269 g/mol. The molecule has 100 valence electrons. The Balaban J connectivity index is 0.00000144. The van der Waals surface area contributed by atoms with Crippen molar-refractivity contribution in [3.63, 3.8) is 0 Å². The Morgan fingerprint density at radius 2 is 2.00 bits per heavy atom. The number of rotatable bonds is 3. The van der Waals surface area contributed by atoms with E-state index in [4.69, 9.17) is 5.26 Å². The molecule has 2 rings (SSSR count). The normalized spacial score (nSPS) is 15.1. The van der Waals surface area contributed by atoms with Gasteiger partial charge in [0.1, 0.15) is 0 Å². The van der Waals surface area contributed by atoms with E-state index in [9.17, 15) is 0 Å². The first-order valence-corrected chi connectivity index (χ1v) is 5.81. The average Bonchev–Trinajstić information content (AvgIpc) is 2.38. The van der Waals surface area contributed by atoms with Gasteiger partial charge in [0.05, 0.1) is 11.6 Å². The van der Waals surface area contributed by atoms with E-state index >= 15 is 0 Å². The van der Waals surface area contributed by atoms with Crippen molar-refractivity contribution in [1.29, 1.82) is 5.26 Å². The molecule has 0 aromatic heterocycles. The summed E-state index contributed by atoms with van der Waals surface area (Å²) in [6.07, 6.45) is 2.38. The molecule has 0 bridgehead atoms. The number of nitrogens with one attached hydrogen (secondary N) is 2. The highest BCUT2D eigenvalue weighted by Gasteiger charge is 2.11. The van der Waals surface area contributed by atoms with Crippen molar-refractivity contribution in [2.75, 3.05) is 13.1 Å². The van der Waals surface area contributed by atoms with E-state index in [-0.39, 0.29) is 24.8 Å². The summed E-state index contributed by atoms with van der Waals surface area (Å²) in [5, 5.41) is 15.7. The van der Waals surface area contributed by atoms with Crippen LogP contribution in [0.3, 0.4) is 0 Å². The average molecular weight is 288 g/mol. The lowest BCUT2D eigenvalue weighted by atomic mass is 10.1. The van der Waals surface area contributed by atoms with Crippen LogP contribution in [0.5, 0.6) is 0 Å². The van der Waals surface area contributed by atoms with Crippen LogP contribution < -0.4 is 10.6 Å². The fraction of sp³-hybridized carbons (Fsp3) is 0.462. The van der Waals surface area contributed by atoms with Crippen molar-refractivity contribution in [3.05, 3.63) is 35.4 Å². The van der Waals surface area contributed by atoms with Crippen LogP contribution in [-0.2, 0) is 6.54 Å². The third kappa shape index (κ3) is 5.24. The molecule has 2 N–H and O–H groups in total. The zero-order valence-electron chi connectivity index (χ0n) is 10.2. The standard InChI is InChI=1S/C13H17N3.2ClH/c14-9-11-2-1-3-12(8-11)10-16-13-4-6-15-7-5-13;;/h1-3,8,13,15-16H,4-7,10H2;2*1H. The van der Waals surface area contributed by atoms with E-state index in [1.165, 1.54) is 18.4 Å². The molecule has 1 aliphatic heterocycles. The Bertz CT molecular complexity index is 384. The van der Waals surface area contributed by atoms with E-state index in [1.54, 1.807) is 0 Å². The maximum absolute atomic E-state index is 8.80.